The van der Waals surface area contributed by atoms with Gasteiger partial charge in [-0.25, -0.2) is 19.2 Å². The zero-order chi connectivity index (χ0) is 32.8. The minimum absolute atomic E-state index is 0.176. The van der Waals surface area contributed by atoms with Gasteiger partial charge in [0.15, 0.2) is 0 Å². The number of esters is 1. The van der Waals surface area contributed by atoms with Crippen LogP contribution in [0.3, 0.4) is 0 Å². The molecule has 0 saturated heterocycles. The molecule has 8 heteroatoms. The molecule has 0 aromatic carbocycles. The second-order valence-corrected chi connectivity index (χ2v) is 10.6. The van der Waals surface area contributed by atoms with E-state index in [9.17, 15) is 19.2 Å². The van der Waals surface area contributed by atoms with Crippen LogP contribution in [0.15, 0.2) is 48.6 Å². The fourth-order valence-corrected chi connectivity index (χ4v) is 2.71. The summed E-state index contributed by atoms with van der Waals surface area (Å²) in [5.41, 5.74) is 1.02. The summed E-state index contributed by atoms with van der Waals surface area (Å²) in [5, 5.41) is 23.7. The highest BCUT2D eigenvalue weighted by Crippen LogP contribution is 2.14. The molecule has 238 valence electrons. The quantitative estimate of drug-likeness (QED) is 0.0780. The third-order valence-corrected chi connectivity index (χ3v) is 5.35. The Balaban J connectivity index is -0.000000305. The summed E-state index contributed by atoms with van der Waals surface area (Å²) in [7, 11) is 0. The molecule has 0 aliphatic carbocycles. The van der Waals surface area contributed by atoms with Crippen LogP contribution in [-0.2, 0) is 23.9 Å². The molecule has 0 saturated carbocycles. The number of carboxylic acid groups (broad SMARTS) is 3. The molecule has 0 atom stereocenters. The molecule has 0 aliphatic rings. The van der Waals surface area contributed by atoms with Gasteiger partial charge in [0, 0.05) is 22.3 Å². The second kappa shape index (κ2) is 31.4. The Labute approximate surface area is 249 Å². The van der Waals surface area contributed by atoms with Crippen molar-refractivity contribution in [2.24, 2.45) is 5.92 Å². The van der Waals surface area contributed by atoms with Crippen molar-refractivity contribution in [2.75, 3.05) is 6.61 Å². The second-order valence-electron chi connectivity index (χ2n) is 10.6. The molecular formula is C33H58O8. The van der Waals surface area contributed by atoms with E-state index in [2.05, 4.69) is 40.2 Å². The van der Waals surface area contributed by atoms with Crippen molar-refractivity contribution in [1.82, 2.24) is 0 Å². The summed E-state index contributed by atoms with van der Waals surface area (Å²) < 4.78 is 5.08. The Morgan fingerprint density at radius 1 is 0.512 bits per heavy atom. The standard InChI is InChI=1S/C21H40O2.3C4H6O2/c1-19(2)17-15-13-11-9-7-5-6-8-10-12-14-16-18-23-21(22)20(3)4;3*1-3(2)4(5)6/h19H,3,5-18H2,1-2,4H3;3*1H2,2H3,(H,5,6). The highest BCUT2D eigenvalue weighted by molar-refractivity contribution is 5.87. The maximum atomic E-state index is 11.2. The summed E-state index contributed by atoms with van der Waals surface area (Å²) in [6.07, 6.45) is 17.4. The molecule has 0 heterocycles. The molecule has 0 fully saturated rings. The average molecular weight is 583 g/mol. The lowest BCUT2D eigenvalue weighted by Gasteiger charge is -2.05. The van der Waals surface area contributed by atoms with Crippen LogP contribution >= 0.6 is 0 Å². The van der Waals surface area contributed by atoms with E-state index < -0.39 is 17.9 Å². The van der Waals surface area contributed by atoms with Gasteiger partial charge in [-0.1, -0.05) is 117 Å². The zero-order valence-corrected chi connectivity index (χ0v) is 26.7. The Morgan fingerprint density at radius 3 is 0.976 bits per heavy atom. The van der Waals surface area contributed by atoms with Crippen LogP contribution in [0, 0.1) is 5.92 Å². The number of aliphatic carboxylic acids is 3. The van der Waals surface area contributed by atoms with Gasteiger partial charge in [0.1, 0.15) is 0 Å². The van der Waals surface area contributed by atoms with Crippen molar-refractivity contribution < 1.29 is 39.2 Å². The molecule has 0 rings (SSSR count). The summed E-state index contributed by atoms with van der Waals surface area (Å²) in [6.45, 7) is 24.2. The average Bonchev–Trinajstić information content (AvgIpc) is 2.86. The van der Waals surface area contributed by atoms with Crippen LogP contribution in [0.4, 0.5) is 0 Å². The van der Waals surface area contributed by atoms with Gasteiger partial charge in [-0.3, -0.25) is 0 Å². The smallest absolute Gasteiger partial charge is 0.333 e. The highest BCUT2D eigenvalue weighted by Gasteiger charge is 2.01. The van der Waals surface area contributed by atoms with E-state index in [1.165, 1.54) is 97.8 Å². The Kier molecular flexibility index (Phi) is 34.3. The van der Waals surface area contributed by atoms with E-state index in [1.807, 2.05) is 0 Å². The molecule has 3 N–H and O–H groups in total. The maximum Gasteiger partial charge on any atom is 0.333 e. The third-order valence-electron chi connectivity index (χ3n) is 5.35. The van der Waals surface area contributed by atoms with Crippen LogP contribution in [0.1, 0.15) is 125 Å². The molecule has 41 heavy (non-hydrogen) atoms. The predicted octanol–water partition coefficient (Wildman–Crippen LogP) is 8.77. The van der Waals surface area contributed by atoms with Crippen LogP contribution in [0.5, 0.6) is 0 Å². The van der Waals surface area contributed by atoms with Crippen LogP contribution in [0.25, 0.3) is 0 Å². The molecule has 0 unspecified atom stereocenters. The monoisotopic (exact) mass is 582 g/mol. The lowest BCUT2D eigenvalue weighted by atomic mass is 10.0. The van der Waals surface area contributed by atoms with Crippen molar-refractivity contribution >= 4 is 23.9 Å². The Morgan fingerprint density at radius 2 is 0.756 bits per heavy atom. The minimum Gasteiger partial charge on any atom is -0.478 e. The summed E-state index contributed by atoms with van der Waals surface area (Å²) in [6, 6.07) is 0. The first-order valence-corrected chi connectivity index (χ1v) is 14.5. The van der Waals surface area contributed by atoms with Gasteiger partial charge in [0.05, 0.1) is 6.61 Å². The molecule has 0 aliphatic heterocycles. The minimum atomic E-state index is -0.935. The number of hydrogen-bond donors (Lipinski definition) is 3. The number of hydrogen-bond acceptors (Lipinski definition) is 5. The first-order valence-electron chi connectivity index (χ1n) is 14.5. The van der Waals surface area contributed by atoms with Gasteiger partial charge in [0.25, 0.3) is 0 Å². The maximum absolute atomic E-state index is 11.2. The van der Waals surface area contributed by atoms with Crippen molar-refractivity contribution in [1.29, 1.82) is 0 Å². The van der Waals surface area contributed by atoms with E-state index in [4.69, 9.17) is 20.1 Å². The molecule has 0 aromatic heterocycles. The number of carboxylic acids is 3. The van der Waals surface area contributed by atoms with Gasteiger partial charge in [-0.05, 0) is 40.0 Å². The number of unbranched alkanes of at least 4 members (excludes halogenated alkanes) is 11. The van der Waals surface area contributed by atoms with Crippen LogP contribution < -0.4 is 0 Å². The first kappa shape index (κ1) is 44.8. The fraction of sp³-hybridized carbons (Fsp3) is 0.636. The summed E-state index contributed by atoms with van der Waals surface area (Å²) in [5.74, 6) is -2.19. The largest absolute Gasteiger partial charge is 0.478 e. The highest BCUT2D eigenvalue weighted by atomic mass is 16.5. The lowest BCUT2D eigenvalue weighted by Crippen LogP contribution is -2.05. The van der Waals surface area contributed by atoms with Crippen molar-refractivity contribution in [2.45, 2.75) is 125 Å². The first-order chi connectivity index (χ1) is 19.0. The van der Waals surface area contributed by atoms with Crippen LogP contribution in [0.2, 0.25) is 0 Å². The normalized spacial score (nSPS) is 9.44. The summed E-state index contributed by atoms with van der Waals surface area (Å²) in [4.78, 5) is 40.0. The van der Waals surface area contributed by atoms with E-state index in [0.29, 0.717) is 12.2 Å². The fourth-order valence-electron chi connectivity index (χ4n) is 2.71. The molecule has 8 nitrogen and oxygen atoms in total. The van der Waals surface area contributed by atoms with Gasteiger partial charge in [-0.15, -0.1) is 0 Å². The SMILES string of the molecule is C=C(C)C(=O)O.C=C(C)C(=O)O.C=C(C)C(=O)O.C=C(C)C(=O)OCCCCCCCCCCCCCCC(C)C. The topological polar surface area (TPSA) is 138 Å². The predicted molar refractivity (Wildman–Crippen MR) is 168 cm³/mol. The molecule has 0 bridgehead atoms. The van der Waals surface area contributed by atoms with Gasteiger partial charge < -0.3 is 20.1 Å². The molecular weight excluding hydrogens is 524 g/mol. The number of rotatable bonds is 19. The van der Waals surface area contributed by atoms with Crippen LogP contribution in [-0.4, -0.2) is 45.8 Å². The van der Waals surface area contributed by atoms with Crippen molar-refractivity contribution in [3.8, 4) is 0 Å². The number of carbonyl (C=O) groups is 4. The number of ether oxygens (including phenoxy) is 1. The third kappa shape index (κ3) is 47.0. The molecule has 0 aromatic rings. The Hall–Kier alpha value is -3.16. The molecule has 0 amide bonds. The Bertz CT molecular complexity index is 700. The van der Waals surface area contributed by atoms with E-state index in [-0.39, 0.29) is 22.7 Å². The van der Waals surface area contributed by atoms with E-state index >= 15 is 0 Å². The van der Waals surface area contributed by atoms with E-state index in [0.717, 1.165) is 12.3 Å². The van der Waals surface area contributed by atoms with E-state index in [1.54, 1.807) is 6.92 Å². The van der Waals surface area contributed by atoms with Gasteiger partial charge in [0.2, 0.25) is 0 Å². The summed E-state index contributed by atoms with van der Waals surface area (Å²) >= 11 is 0. The van der Waals surface area contributed by atoms with Gasteiger partial charge in [-0.2, -0.15) is 0 Å². The zero-order valence-electron chi connectivity index (χ0n) is 26.7. The van der Waals surface area contributed by atoms with Crippen molar-refractivity contribution in [3.05, 3.63) is 48.6 Å². The molecule has 0 radical (unpaired) electrons. The van der Waals surface area contributed by atoms with Crippen molar-refractivity contribution in [3.63, 3.8) is 0 Å². The van der Waals surface area contributed by atoms with Gasteiger partial charge >= 0.3 is 23.9 Å². The molecule has 0 spiro atoms. The lowest BCUT2D eigenvalue weighted by molar-refractivity contribution is -0.139. The number of carbonyl (C=O) groups excluding carboxylic acids is 1.